The number of hydrogen-bond donors (Lipinski definition) is 1. The van der Waals surface area contributed by atoms with E-state index in [1.807, 2.05) is 12.1 Å². The zero-order valence-electron chi connectivity index (χ0n) is 11.4. The minimum Gasteiger partial charge on any atom is -0.340 e. The van der Waals surface area contributed by atoms with Gasteiger partial charge in [0.05, 0.1) is 4.92 Å². The predicted octanol–water partition coefficient (Wildman–Crippen LogP) is 4.08. The molecule has 0 bridgehead atoms. The van der Waals surface area contributed by atoms with E-state index in [1.54, 1.807) is 6.07 Å². The quantitative estimate of drug-likeness (QED) is 0.635. The summed E-state index contributed by atoms with van der Waals surface area (Å²) in [5.41, 5.74) is 2.23. The third-order valence-electron chi connectivity index (χ3n) is 3.00. The number of aromatic nitrogens is 1. The summed E-state index contributed by atoms with van der Waals surface area (Å²) in [7, 11) is 0. The highest BCUT2D eigenvalue weighted by molar-refractivity contribution is 5.57. The molecule has 0 saturated heterocycles. The maximum atomic E-state index is 10.5. The number of aryl methyl sites for hydroxylation is 1. The monoisotopic (exact) mass is 271 g/mol. The second-order valence-corrected chi connectivity index (χ2v) is 4.58. The minimum absolute atomic E-state index is 0.00883. The Balaban J connectivity index is 2.00. The van der Waals surface area contributed by atoms with Crippen LogP contribution >= 0.6 is 0 Å². The summed E-state index contributed by atoms with van der Waals surface area (Å²) in [6, 6.07) is 11.2. The van der Waals surface area contributed by atoms with Crippen molar-refractivity contribution in [1.82, 2.24) is 4.98 Å². The molecule has 104 valence electrons. The molecule has 0 fully saturated rings. The van der Waals surface area contributed by atoms with Gasteiger partial charge in [0.1, 0.15) is 12.0 Å². The number of nitrogens with one attached hydrogen (secondary N) is 1. The van der Waals surface area contributed by atoms with Gasteiger partial charge in [0.25, 0.3) is 5.69 Å². The normalized spacial score (nSPS) is 10.2. The van der Waals surface area contributed by atoms with Crippen LogP contribution < -0.4 is 5.32 Å². The van der Waals surface area contributed by atoms with Crippen LogP contribution in [0, 0.1) is 10.1 Å². The molecule has 0 aliphatic heterocycles. The minimum atomic E-state index is -0.459. The highest BCUT2D eigenvalue weighted by Crippen LogP contribution is 2.18. The number of unbranched alkanes of at least 4 members (excludes halogenated alkanes) is 1. The molecule has 0 atom stereocenters. The Morgan fingerprint density at radius 2 is 1.95 bits per heavy atom. The second kappa shape index (κ2) is 6.65. The Bertz CT molecular complexity index is 565. The first-order chi connectivity index (χ1) is 9.69. The van der Waals surface area contributed by atoms with E-state index in [-0.39, 0.29) is 5.69 Å². The van der Waals surface area contributed by atoms with E-state index in [0.717, 1.165) is 12.1 Å². The molecular weight excluding hydrogens is 254 g/mol. The van der Waals surface area contributed by atoms with Gasteiger partial charge >= 0.3 is 0 Å². The summed E-state index contributed by atoms with van der Waals surface area (Å²) < 4.78 is 0. The summed E-state index contributed by atoms with van der Waals surface area (Å²) in [4.78, 5) is 14.1. The fourth-order valence-electron chi connectivity index (χ4n) is 1.85. The van der Waals surface area contributed by atoms with Gasteiger partial charge in [0.15, 0.2) is 0 Å². The van der Waals surface area contributed by atoms with Crippen LogP contribution in [0.2, 0.25) is 0 Å². The summed E-state index contributed by atoms with van der Waals surface area (Å²) in [6.07, 6.45) is 4.72. The molecule has 0 saturated carbocycles. The summed E-state index contributed by atoms with van der Waals surface area (Å²) in [5, 5.41) is 13.7. The molecule has 2 rings (SSSR count). The topological polar surface area (TPSA) is 68.1 Å². The smallest absolute Gasteiger partial charge is 0.287 e. The molecule has 1 aromatic carbocycles. The first-order valence-corrected chi connectivity index (χ1v) is 6.65. The van der Waals surface area contributed by atoms with Gasteiger partial charge in [0, 0.05) is 11.8 Å². The lowest BCUT2D eigenvalue weighted by atomic mass is 10.1. The number of nitro groups is 1. The fourth-order valence-corrected chi connectivity index (χ4v) is 1.85. The zero-order chi connectivity index (χ0) is 14.4. The molecular formula is C15H17N3O2. The van der Waals surface area contributed by atoms with Crippen molar-refractivity contribution in [2.75, 3.05) is 5.32 Å². The lowest BCUT2D eigenvalue weighted by molar-refractivity contribution is -0.385. The van der Waals surface area contributed by atoms with Gasteiger partial charge in [0.2, 0.25) is 0 Å². The van der Waals surface area contributed by atoms with Crippen molar-refractivity contribution in [2.24, 2.45) is 0 Å². The number of rotatable bonds is 6. The molecule has 20 heavy (non-hydrogen) atoms. The maximum Gasteiger partial charge on any atom is 0.287 e. The van der Waals surface area contributed by atoms with E-state index in [0.29, 0.717) is 5.82 Å². The van der Waals surface area contributed by atoms with Gasteiger partial charge in [-0.2, -0.15) is 0 Å². The van der Waals surface area contributed by atoms with Crippen LogP contribution in [0.15, 0.2) is 42.6 Å². The lowest BCUT2D eigenvalue weighted by Gasteiger charge is -2.06. The van der Waals surface area contributed by atoms with Crippen molar-refractivity contribution in [3.63, 3.8) is 0 Å². The molecule has 0 unspecified atom stereocenters. The van der Waals surface area contributed by atoms with Gasteiger partial charge < -0.3 is 5.32 Å². The van der Waals surface area contributed by atoms with Gasteiger partial charge in [-0.25, -0.2) is 4.98 Å². The van der Waals surface area contributed by atoms with Crippen molar-refractivity contribution < 1.29 is 4.92 Å². The average Bonchev–Trinajstić information content (AvgIpc) is 2.47. The van der Waals surface area contributed by atoms with Crippen molar-refractivity contribution in [1.29, 1.82) is 0 Å². The molecule has 2 aromatic rings. The van der Waals surface area contributed by atoms with E-state index >= 15 is 0 Å². The molecule has 0 aliphatic carbocycles. The van der Waals surface area contributed by atoms with Crippen LogP contribution in [-0.2, 0) is 6.42 Å². The Kier molecular flexibility index (Phi) is 4.65. The molecule has 0 amide bonds. The Morgan fingerprint density at radius 1 is 1.20 bits per heavy atom. The van der Waals surface area contributed by atoms with Gasteiger partial charge in [-0.3, -0.25) is 10.1 Å². The highest BCUT2D eigenvalue weighted by Gasteiger charge is 2.05. The molecule has 0 radical (unpaired) electrons. The van der Waals surface area contributed by atoms with Gasteiger partial charge in [-0.15, -0.1) is 0 Å². The highest BCUT2D eigenvalue weighted by atomic mass is 16.6. The van der Waals surface area contributed by atoms with Gasteiger partial charge in [-0.1, -0.05) is 25.5 Å². The fraction of sp³-hybridized carbons (Fsp3) is 0.267. The standard InChI is InChI=1S/C15H17N3O2/c1-2-3-4-12-5-7-13(8-6-12)17-15-10-9-14(11-16-15)18(19)20/h5-11H,2-4H2,1H3,(H,16,17). The van der Waals surface area contributed by atoms with E-state index in [9.17, 15) is 10.1 Å². The van der Waals surface area contributed by atoms with Crippen LogP contribution in [0.1, 0.15) is 25.3 Å². The zero-order valence-corrected chi connectivity index (χ0v) is 11.4. The number of benzene rings is 1. The van der Waals surface area contributed by atoms with Crippen molar-refractivity contribution >= 4 is 17.2 Å². The van der Waals surface area contributed by atoms with E-state index in [4.69, 9.17) is 0 Å². The molecule has 5 heteroatoms. The van der Waals surface area contributed by atoms with Gasteiger partial charge in [-0.05, 0) is 36.6 Å². The first-order valence-electron chi connectivity index (χ1n) is 6.65. The third kappa shape index (κ3) is 3.78. The van der Waals surface area contributed by atoms with E-state index in [1.165, 1.54) is 30.7 Å². The summed E-state index contributed by atoms with van der Waals surface area (Å²) >= 11 is 0. The molecule has 5 nitrogen and oxygen atoms in total. The van der Waals surface area contributed by atoms with Crippen LogP contribution in [0.5, 0.6) is 0 Å². The summed E-state index contributed by atoms with van der Waals surface area (Å²) in [5.74, 6) is 0.594. The molecule has 0 aliphatic rings. The number of pyridine rings is 1. The number of nitrogens with zero attached hydrogens (tertiary/aromatic N) is 2. The van der Waals surface area contributed by atoms with Crippen LogP contribution in [0.3, 0.4) is 0 Å². The molecule has 0 spiro atoms. The molecule has 1 heterocycles. The molecule has 1 aromatic heterocycles. The Labute approximate surface area is 117 Å². The maximum absolute atomic E-state index is 10.5. The van der Waals surface area contributed by atoms with E-state index < -0.39 is 4.92 Å². The SMILES string of the molecule is CCCCc1ccc(Nc2ccc([N+](=O)[O-])cn2)cc1. The lowest BCUT2D eigenvalue weighted by Crippen LogP contribution is -1.95. The van der Waals surface area contributed by atoms with Crippen molar-refractivity contribution in [2.45, 2.75) is 26.2 Å². The Hall–Kier alpha value is -2.43. The van der Waals surface area contributed by atoms with Crippen LogP contribution in [-0.4, -0.2) is 9.91 Å². The largest absolute Gasteiger partial charge is 0.340 e. The second-order valence-electron chi connectivity index (χ2n) is 4.58. The van der Waals surface area contributed by atoms with Crippen molar-refractivity contribution in [3.8, 4) is 0 Å². The number of anilines is 2. The predicted molar refractivity (Wildman–Crippen MR) is 79.2 cm³/mol. The Morgan fingerprint density at radius 3 is 2.50 bits per heavy atom. The van der Waals surface area contributed by atoms with Crippen molar-refractivity contribution in [3.05, 3.63) is 58.3 Å². The average molecular weight is 271 g/mol. The number of hydrogen-bond acceptors (Lipinski definition) is 4. The van der Waals surface area contributed by atoms with Crippen LogP contribution in [0.4, 0.5) is 17.2 Å². The van der Waals surface area contributed by atoms with E-state index in [2.05, 4.69) is 29.4 Å². The summed E-state index contributed by atoms with van der Waals surface area (Å²) in [6.45, 7) is 2.18. The molecule has 1 N–H and O–H groups in total. The van der Waals surface area contributed by atoms with Crippen LogP contribution in [0.25, 0.3) is 0 Å². The third-order valence-corrected chi connectivity index (χ3v) is 3.00. The first kappa shape index (κ1) is 14.0.